The van der Waals surface area contributed by atoms with Crippen molar-refractivity contribution in [3.8, 4) is 0 Å². The Morgan fingerprint density at radius 2 is 2.00 bits per heavy atom. The minimum absolute atomic E-state index is 0.266. The highest BCUT2D eigenvalue weighted by Crippen LogP contribution is 2.17. The van der Waals surface area contributed by atoms with Crippen molar-refractivity contribution in [2.24, 2.45) is 0 Å². The normalized spacial score (nSPS) is 11.6. The Morgan fingerprint density at radius 3 is 2.58 bits per heavy atom. The first kappa shape index (κ1) is 15.0. The van der Waals surface area contributed by atoms with Crippen molar-refractivity contribution in [1.82, 2.24) is 5.32 Å². The van der Waals surface area contributed by atoms with Crippen molar-refractivity contribution in [2.75, 3.05) is 19.0 Å². The van der Waals surface area contributed by atoms with Gasteiger partial charge in [-0.1, -0.05) is 12.1 Å². The number of nitrogens with one attached hydrogen (secondary N) is 2. The topological polar surface area (TPSA) is 67.4 Å². The molecule has 0 aromatic heterocycles. The molecule has 0 aliphatic heterocycles. The van der Waals surface area contributed by atoms with Crippen LogP contribution in [0.4, 0.5) is 5.69 Å². The van der Waals surface area contributed by atoms with E-state index in [-0.39, 0.29) is 12.5 Å². The lowest BCUT2D eigenvalue weighted by Gasteiger charge is -2.18. The summed E-state index contributed by atoms with van der Waals surface area (Å²) in [7, 11) is 1.30. The number of methoxy groups -OCH3 is 1. The highest BCUT2D eigenvalue weighted by molar-refractivity contribution is 5.83. The lowest BCUT2D eigenvalue weighted by atomic mass is 10.1. The summed E-state index contributed by atoms with van der Waals surface area (Å²) in [6.45, 7) is 5.68. The number of anilines is 1. The number of hydrogen-bond acceptors (Lipinski definition) is 4. The van der Waals surface area contributed by atoms with Crippen molar-refractivity contribution in [3.63, 3.8) is 0 Å². The van der Waals surface area contributed by atoms with Gasteiger partial charge in [0.1, 0.15) is 6.04 Å². The number of benzene rings is 1. The molecule has 1 unspecified atom stereocenters. The van der Waals surface area contributed by atoms with E-state index in [2.05, 4.69) is 15.4 Å². The fourth-order valence-corrected chi connectivity index (χ4v) is 1.74. The Balaban J connectivity index is 2.73. The fourth-order valence-electron chi connectivity index (χ4n) is 1.74. The van der Waals surface area contributed by atoms with Crippen molar-refractivity contribution in [3.05, 3.63) is 29.3 Å². The maximum atomic E-state index is 11.5. The number of esters is 1. The highest BCUT2D eigenvalue weighted by Gasteiger charge is 2.19. The van der Waals surface area contributed by atoms with Crippen LogP contribution in [-0.4, -0.2) is 31.6 Å². The van der Waals surface area contributed by atoms with Gasteiger partial charge in [-0.15, -0.1) is 0 Å². The van der Waals surface area contributed by atoms with Crippen LogP contribution in [0.2, 0.25) is 0 Å². The molecule has 0 saturated carbocycles. The largest absolute Gasteiger partial charge is 0.467 e. The first-order chi connectivity index (χ1) is 8.95. The fraction of sp³-hybridized carbons (Fsp3) is 0.429. The van der Waals surface area contributed by atoms with Crippen LogP contribution in [0.1, 0.15) is 18.1 Å². The van der Waals surface area contributed by atoms with Crippen LogP contribution in [0.15, 0.2) is 18.2 Å². The molecule has 0 fully saturated rings. The van der Waals surface area contributed by atoms with E-state index in [0.717, 1.165) is 11.3 Å². The third kappa shape index (κ3) is 4.28. The van der Waals surface area contributed by atoms with Gasteiger partial charge in [0, 0.05) is 19.2 Å². The van der Waals surface area contributed by atoms with Crippen molar-refractivity contribution in [2.45, 2.75) is 26.8 Å². The zero-order valence-electron chi connectivity index (χ0n) is 11.7. The molecule has 0 aliphatic rings. The molecular formula is C14H20N2O3. The van der Waals surface area contributed by atoms with E-state index in [1.807, 2.05) is 32.0 Å². The summed E-state index contributed by atoms with van der Waals surface area (Å²) in [6, 6.07) is 5.20. The second kappa shape index (κ2) is 6.78. The van der Waals surface area contributed by atoms with Crippen LogP contribution in [-0.2, 0) is 14.3 Å². The number of amides is 1. The van der Waals surface area contributed by atoms with Crippen molar-refractivity contribution >= 4 is 17.6 Å². The number of carbonyl (C=O) groups excluding carboxylic acids is 2. The molecule has 1 aromatic carbocycles. The molecule has 5 nitrogen and oxygen atoms in total. The monoisotopic (exact) mass is 264 g/mol. The smallest absolute Gasteiger partial charge is 0.330 e. The zero-order valence-corrected chi connectivity index (χ0v) is 11.7. The van der Waals surface area contributed by atoms with E-state index in [4.69, 9.17) is 0 Å². The van der Waals surface area contributed by atoms with Crippen LogP contribution in [0.3, 0.4) is 0 Å². The molecule has 1 aromatic rings. The SMILES string of the molecule is COC(=O)C(CNc1cccc(C)c1C)NC(C)=O. The summed E-state index contributed by atoms with van der Waals surface area (Å²) in [4.78, 5) is 22.6. The van der Waals surface area contributed by atoms with Crippen LogP contribution >= 0.6 is 0 Å². The van der Waals surface area contributed by atoms with Crippen LogP contribution in [0, 0.1) is 13.8 Å². The average molecular weight is 264 g/mol. The third-order valence-corrected chi connectivity index (χ3v) is 2.96. The van der Waals surface area contributed by atoms with Gasteiger partial charge in [-0.2, -0.15) is 0 Å². The Kier molecular flexibility index (Phi) is 5.36. The van der Waals surface area contributed by atoms with Gasteiger partial charge in [0.05, 0.1) is 7.11 Å². The predicted molar refractivity (Wildman–Crippen MR) is 74.0 cm³/mol. The van der Waals surface area contributed by atoms with Crippen LogP contribution < -0.4 is 10.6 Å². The minimum atomic E-state index is -0.692. The summed E-state index contributed by atoms with van der Waals surface area (Å²) in [6.07, 6.45) is 0. The maximum Gasteiger partial charge on any atom is 0.330 e. The van der Waals surface area contributed by atoms with E-state index in [1.54, 1.807) is 0 Å². The maximum absolute atomic E-state index is 11.5. The van der Waals surface area contributed by atoms with Gasteiger partial charge in [0.25, 0.3) is 0 Å². The lowest BCUT2D eigenvalue weighted by molar-refractivity contribution is -0.144. The standard InChI is InChI=1S/C14H20N2O3/c1-9-6-5-7-12(10(9)2)15-8-13(14(18)19-4)16-11(3)17/h5-7,13,15H,8H2,1-4H3,(H,16,17). The Hall–Kier alpha value is -2.04. The molecule has 0 aliphatic carbocycles. The van der Waals surface area contributed by atoms with Gasteiger partial charge < -0.3 is 15.4 Å². The van der Waals surface area contributed by atoms with Crippen molar-refractivity contribution < 1.29 is 14.3 Å². The number of hydrogen-bond donors (Lipinski definition) is 2. The molecule has 104 valence electrons. The highest BCUT2D eigenvalue weighted by atomic mass is 16.5. The molecule has 0 heterocycles. The van der Waals surface area contributed by atoms with Gasteiger partial charge in [0.15, 0.2) is 0 Å². The molecule has 5 heteroatoms. The zero-order chi connectivity index (χ0) is 14.4. The van der Waals surface area contributed by atoms with Gasteiger partial charge in [-0.3, -0.25) is 4.79 Å². The number of rotatable bonds is 5. The number of aryl methyl sites for hydroxylation is 1. The predicted octanol–water partition coefficient (Wildman–Crippen LogP) is 1.39. The van der Waals surface area contributed by atoms with E-state index in [9.17, 15) is 9.59 Å². The van der Waals surface area contributed by atoms with E-state index < -0.39 is 12.0 Å². The quantitative estimate of drug-likeness (QED) is 0.789. The van der Waals surface area contributed by atoms with Gasteiger partial charge in [-0.25, -0.2) is 4.79 Å². The lowest BCUT2D eigenvalue weighted by Crippen LogP contribution is -2.45. The first-order valence-corrected chi connectivity index (χ1v) is 6.10. The molecule has 0 radical (unpaired) electrons. The second-order valence-corrected chi connectivity index (χ2v) is 4.40. The van der Waals surface area contributed by atoms with Gasteiger partial charge in [-0.05, 0) is 31.0 Å². The Labute approximate surface area is 113 Å². The Bertz CT molecular complexity index is 472. The van der Waals surface area contributed by atoms with E-state index in [0.29, 0.717) is 0 Å². The van der Waals surface area contributed by atoms with Crippen LogP contribution in [0.25, 0.3) is 0 Å². The van der Waals surface area contributed by atoms with Crippen LogP contribution in [0.5, 0.6) is 0 Å². The first-order valence-electron chi connectivity index (χ1n) is 6.10. The molecule has 1 atom stereocenters. The summed E-state index contributed by atoms with van der Waals surface area (Å²) in [5.41, 5.74) is 3.23. The molecule has 2 N–H and O–H groups in total. The summed E-state index contributed by atoms with van der Waals surface area (Å²) in [5.74, 6) is -0.730. The molecule has 0 saturated heterocycles. The third-order valence-electron chi connectivity index (χ3n) is 2.96. The molecule has 1 amide bonds. The number of carbonyl (C=O) groups is 2. The van der Waals surface area contributed by atoms with E-state index >= 15 is 0 Å². The van der Waals surface area contributed by atoms with Gasteiger partial charge >= 0.3 is 5.97 Å². The Morgan fingerprint density at radius 1 is 1.32 bits per heavy atom. The summed E-state index contributed by atoms with van der Waals surface area (Å²) < 4.78 is 4.66. The van der Waals surface area contributed by atoms with E-state index in [1.165, 1.54) is 19.6 Å². The van der Waals surface area contributed by atoms with Gasteiger partial charge in [0.2, 0.25) is 5.91 Å². The number of ether oxygens (including phenoxy) is 1. The molecule has 19 heavy (non-hydrogen) atoms. The second-order valence-electron chi connectivity index (χ2n) is 4.40. The molecule has 1 rings (SSSR count). The summed E-state index contributed by atoms with van der Waals surface area (Å²) in [5, 5.41) is 5.72. The average Bonchev–Trinajstić information content (AvgIpc) is 2.37. The molecule has 0 spiro atoms. The minimum Gasteiger partial charge on any atom is -0.467 e. The van der Waals surface area contributed by atoms with Crippen molar-refractivity contribution in [1.29, 1.82) is 0 Å². The molecule has 0 bridgehead atoms. The molecular weight excluding hydrogens is 244 g/mol. The summed E-state index contributed by atoms with van der Waals surface area (Å²) >= 11 is 0.